The molecule has 4 aliphatic rings. The van der Waals surface area contributed by atoms with Crippen molar-refractivity contribution in [3.05, 3.63) is 0 Å². The average molecular weight is 322 g/mol. The summed E-state index contributed by atoms with van der Waals surface area (Å²) in [6, 6.07) is 0. The molecule has 0 saturated heterocycles. The van der Waals surface area contributed by atoms with Crippen molar-refractivity contribution in [1.29, 1.82) is 0 Å². The van der Waals surface area contributed by atoms with Gasteiger partial charge in [-0.3, -0.25) is 0 Å². The summed E-state index contributed by atoms with van der Waals surface area (Å²) in [5, 5.41) is 32.5. The third-order valence-electron chi connectivity index (χ3n) is 9.17. The number of aliphatic hydroxyl groups excluding tert-OH is 1. The molecule has 2 bridgehead atoms. The first kappa shape index (κ1) is 16.4. The van der Waals surface area contributed by atoms with Gasteiger partial charge in [-0.05, 0) is 86.4 Å². The van der Waals surface area contributed by atoms with E-state index in [9.17, 15) is 15.3 Å². The molecule has 0 aromatic rings. The minimum Gasteiger partial charge on any atom is -0.393 e. The predicted molar refractivity (Wildman–Crippen MR) is 89.8 cm³/mol. The second-order valence-corrected chi connectivity index (χ2v) is 10.6. The van der Waals surface area contributed by atoms with E-state index in [2.05, 4.69) is 20.8 Å². The Hall–Kier alpha value is -0.120. The van der Waals surface area contributed by atoms with Gasteiger partial charge in [-0.15, -0.1) is 0 Å². The summed E-state index contributed by atoms with van der Waals surface area (Å²) in [6.07, 6.45) is 7.33. The first-order chi connectivity index (χ1) is 10.5. The highest BCUT2D eigenvalue weighted by Crippen LogP contribution is 2.73. The number of aliphatic hydroxyl groups is 3. The van der Waals surface area contributed by atoms with Crippen molar-refractivity contribution in [3.8, 4) is 0 Å². The van der Waals surface area contributed by atoms with Crippen molar-refractivity contribution in [3.63, 3.8) is 0 Å². The van der Waals surface area contributed by atoms with Gasteiger partial charge in [0.25, 0.3) is 0 Å². The summed E-state index contributed by atoms with van der Waals surface area (Å²) >= 11 is 0. The zero-order valence-electron chi connectivity index (χ0n) is 15.2. The van der Waals surface area contributed by atoms with Crippen LogP contribution >= 0.6 is 0 Å². The third kappa shape index (κ3) is 1.82. The summed E-state index contributed by atoms with van der Waals surface area (Å²) in [7, 11) is 0. The van der Waals surface area contributed by atoms with Gasteiger partial charge in [0.2, 0.25) is 0 Å². The van der Waals surface area contributed by atoms with E-state index in [-0.39, 0.29) is 22.3 Å². The lowest BCUT2D eigenvalue weighted by Gasteiger charge is -2.65. The molecule has 1 spiro atoms. The summed E-state index contributed by atoms with van der Waals surface area (Å²) in [5.41, 5.74) is -1.49. The first-order valence-electron chi connectivity index (χ1n) is 9.60. The highest BCUT2D eigenvalue weighted by Gasteiger charge is 2.71. The normalized spacial score (nSPS) is 60.9. The molecule has 132 valence electrons. The van der Waals surface area contributed by atoms with Crippen molar-refractivity contribution >= 4 is 0 Å². The quantitative estimate of drug-likeness (QED) is 0.641. The van der Waals surface area contributed by atoms with Crippen LogP contribution in [0.3, 0.4) is 0 Å². The van der Waals surface area contributed by atoms with Gasteiger partial charge < -0.3 is 15.3 Å². The smallest absolute Gasteiger partial charge is 0.0936 e. The average Bonchev–Trinajstić information content (AvgIpc) is 2.56. The Labute approximate surface area is 140 Å². The first-order valence-corrected chi connectivity index (χ1v) is 9.60. The van der Waals surface area contributed by atoms with Crippen LogP contribution in [-0.2, 0) is 0 Å². The van der Waals surface area contributed by atoms with Crippen LogP contribution in [0.1, 0.15) is 79.1 Å². The fourth-order valence-corrected chi connectivity index (χ4v) is 7.99. The van der Waals surface area contributed by atoms with Crippen molar-refractivity contribution in [2.75, 3.05) is 0 Å². The molecular weight excluding hydrogens is 288 g/mol. The van der Waals surface area contributed by atoms with E-state index in [0.717, 1.165) is 51.4 Å². The zero-order chi connectivity index (χ0) is 16.9. The maximum Gasteiger partial charge on any atom is 0.0936 e. The predicted octanol–water partition coefficient (Wildman–Crippen LogP) is 3.26. The molecule has 0 radical (unpaired) electrons. The maximum atomic E-state index is 11.0. The van der Waals surface area contributed by atoms with Crippen LogP contribution in [0.4, 0.5) is 0 Å². The highest BCUT2D eigenvalue weighted by atomic mass is 16.4. The Balaban J connectivity index is 1.75. The molecule has 0 aromatic heterocycles. The summed E-state index contributed by atoms with van der Waals surface area (Å²) < 4.78 is 0. The van der Waals surface area contributed by atoms with Gasteiger partial charge in [0.05, 0.1) is 17.3 Å². The lowest BCUT2D eigenvalue weighted by molar-refractivity contribution is -0.191. The van der Waals surface area contributed by atoms with Crippen LogP contribution < -0.4 is 0 Å². The molecule has 4 rings (SSSR count). The second kappa shape index (κ2) is 4.34. The molecule has 4 saturated carbocycles. The Kier molecular flexibility index (Phi) is 3.09. The van der Waals surface area contributed by atoms with Gasteiger partial charge in [-0.25, -0.2) is 0 Å². The van der Waals surface area contributed by atoms with Crippen LogP contribution in [0.15, 0.2) is 0 Å². The standard InChI is InChI=1S/C20H34O3/c1-16(2)13-5-9-19-11-18(4,22)20(23,12-19)10-6-14(19)17(13,3)8-7-15(16)21/h13-15,21-23H,5-12H2,1-4H3/t13-,14+,15+,17-,18+,19-,20+/m0/s1. The van der Waals surface area contributed by atoms with Crippen molar-refractivity contribution in [1.82, 2.24) is 0 Å². The maximum absolute atomic E-state index is 11.0. The van der Waals surface area contributed by atoms with E-state index >= 15 is 0 Å². The number of hydrogen-bond acceptors (Lipinski definition) is 3. The second-order valence-electron chi connectivity index (χ2n) is 10.6. The molecule has 4 fully saturated rings. The lowest BCUT2D eigenvalue weighted by atomic mass is 9.40. The largest absolute Gasteiger partial charge is 0.393 e. The van der Waals surface area contributed by atoms with Crippen molar-refractivity contribution in [2.24, 2.45) is 28.1 Å². The monoisotopic (exact) mass is 322 g/mol. The number of rotatable bonds is 0. The van der Waals surface area contributed by atoms with E-state index in [1.807, 2.05) is 6.92 Å². The molecular formula is C20H34O3. The van der Waals surface area contributed by atoms with Gasteiger partial charge in [0, 0.05) is 0 Å². The minimum atomic E-state index is -0.936. The summed E-state index contributed by atoms with van der Waals surface area (Å²) in [4.78, 5) is 0. The Morgan fingerprint density at radius 2 is 1.43 bits per heavy atom. The van der Waals surface area contributed by atoms with Crippen LogP contribution in [0.2, 0.25) is 0 Å². The SMILES string of the molecule is CC1(C)[C@H](O)CC[C@@]2(C)[C@H]1CC[C@]13C[C@](O)(CC[C@@H]12)[C@](C)(O)C3. The molecule has 0 unspecified atom stereocenters. The Morgan fingerprint density at radius 1 is 0.783 bits per heavy atom. The fraction of sp³-hybridized carbons (Fsp3) is 1.00. The topological polar surface area (TPSA) is 60.7 Å². The van der Waals surface area contributed by atoms with Gasteiger partial charge in [0.15, 0.2) is 0 Å². The Morgan fingerprint density at radius 3 is 2.13 bits per heavy atom. The molecule has 0 amide bonds. The van der Waals surface area contributed by atoms with Gasteiger partial charge in [-0.2, -0.15) is 0 Å². The van der Waals surface area contributed by atoms with Crippen molar-refractivity contribution in [2.45, 2.75) is 96.4 Å². The molecule has 7 atom stereocenters. The fourth-order valence-electron chi connectivity index (χ4n) is 7.99. The lowest BCUT2D eigenvalue weighted by Crippen LogP contribution is -2.60. The molecule has 0 aliphatic heterocycles. The molecule has 3 N–H and O–H groups in total. The van der Waals surface area contributed by atoms with Crippen LogP contribution in [0, 0.1) is 28.1 Å². The van der Waals surface area contributed by atoms with Gasteiger partial charge in [-0.1, -0.05) is 20.8 Å². The van der Waals surface area contributed by atoms with Crippen molar-refractivity contribution < 1.29 is 15.3 Å². The molecule has 3 nitrogen and oxygen atoms in total. The van der Waals surface area contributed by atoms with Crippen LogP contribution in [-0.4, -0.2) is 32.6 Å². The summed E-state index contributed by atoms with van der Waals surface area (Å²) in [5.74, 6) is 1.13. The highest BCUT2D eigenvalue weighted by molar-refractivity contribution is 5.21. The van der Waals surface area contributed by atoms with E-state index in [1.54, 1.807) is 0 Å². The summed E-state index contributed by atoms with van der Waals surface area (Å²) in [6.45, 7) is 8.81. The molecule has 0 heterocycles. The van der Waals surface area contributed by atoms with E-state index < -0.39 is 11.2 Å². The number of fused-ring (bicyclic) bond motifs is 3. The van der Waals surface area contributed by atoms with E-state index in [1.165, 1.54) is 0 Å². The van der Waals surface area contributed by atoms with Gasteiger partial charge >= 0.3 is 0 Å². The van der Waals surface area contributed by atoms with E-state index in [0.29, 0.717) is 11.8 Å². The molecule has 0 aromatic carbocycles. The number of hydrogen-bond donors (Lipinski definition) is 3. The molecule has 23 heavy (non-hydrogen) atoms. The Bertz CT molecular complexity index is 523. The van der Waals surface area contributed by atoms with E-state index in [4.69, 9.17) is 0 Å². The molecule has 4 aliphatic carbocycles. The zero-order valence-corrected chi connectivity index (χ0v) is 15.2. The van der Waals surface area contributed by atoms with Gasteiger partial charge in [0.1, 0.15) is 0 Å². The van der Waals surface area contributed by atoms with Crippen LogP contribution in [0.5, 0.6) is 0 Å². The van der Waals surface area contributed by atoms with Crippen LogP contribution in [0.25, 0.3) is 0 Å². The minimum absolute atomic E-state index is 0.0243. The molecule has 3 heteroatoms. The third-order valence-corrected chi connectivity index (χ3v) is 9.17.